The van der Waals surface area contributed by atoms with Gasteiger partial charge in [0.1, 0.15) is 0 Å². The second-order valence-corrected chi connectivity index (χ2v) is 6.25. The first-order chi connectivity index (χ1) is 8.74. The molecule has 1 N–H and O–H groups in total. The minimum absolute atomic E-state index is 0.553. The minimum atomic E-state index is 0.553. The standard InChI is InChI=1S/C15H25N3/c1-11-5-3-6-12(9-11)17-14-7-4-8-15-13(14)10-16-18(15)2/h10-12,14,17H,3-9H2,1-2H3. The Bertz CT molecular complexity index is 410. The zero-order valence-electron chi connectivity index (χ0n) is 11.7. The van der Waals surface area contributed by atoms with Crippen LogP contribution >= 0.6 is 0 Å². The molecule has 0 aliphatic heterocycles. The van der Waals surface area contributed by atoms with E-state index in [9.17, 15) is 0 Å². The average molecular weight is 247 g/mol. The Morgan fingerprint density at radius 1 is 1.28 bits per heavy atom. The first kappa shape index (κ1) is 12.2. The molecule has 0 aromatic carbocycles. The Morgan fingerprint density at radius 2 is 2.17 bits per heavy atom. The van der Waals surface area contributed by atoms with Gasteiger partial charge in [0.05, 0.1) is 6.20 Å². The maximum atomic E-state index is 4.43. The first-order valence-corrected chi connectivity index (χ1v) is 7.51. The molecular formula is C15H25N3. The van der Waals surface area contributed by atoms with Crippen molar-refractivity contribution in [3.8, 4) is 0 Å². The fraction of sp³-hybridized carbons (Fsp3) is 0.800. The molecule has 100 valence electrons. The van der Waals surface area contributed by atoms with Crippen LogP contribution in [-0.4, -0.2) is 15.8 Å². The number of hydrogen-bond acceptors (Lipinski definition) is 2. The molecule has 3 heteroatoms. The van der Waals surface area contributed by atoms with Crippen LogP contribution in [0.2, 0.25) is 0 Å². The second-order valence-electron chi connectivity index (χ2n) is 6.25. The summed E-state index contributed by atoms with van der Waals surface area (Å²) in [6.07, 6.45) is 11.4. The van der Waals surface area contributed by atoms with Gasteiger partial charge in [0.2, 0.25) is 0 Å². The molecule has 1 heterocycles. The minimum Gasteiger partial charge on any atom is -0.307 e. The Labute approximate surface area is 110 Å². The van der Waals surface area contributed by atoms with E-state index in [4.69, 9.17) is 0 Å². The van der Waals surface area contributed by atoms with E-state index in [2.05, 4.69) is 35.3 Å². The summed E-state index contributed by atoms with van der Waals surface area (Å²) in [5, 5.41) is 8.34. The number of fused-ring (bicyclic) bond motifs is 1. The van der Waals surface area contributed by atoms with E-state index in [0.717, 1.165) is 12.0 Å². The number of rotatable bonds is 2. The molecule has 3 nitrogen and oxygen atoms in total. The van der Waals surface area contributed by atoms with Crippen molar-refractivity contribution in [3.05, 3.63) is 17.5 Å². The predicted molar refractivity (Wildman–Crippen MR) is 73.4 cm³/mol. The maximum Gasteiger partial charge on any atom is 0.0540 e. The van der Waals surface area contributed by atoms with Crippen molar-refractivity contribution in [1.82, 2.24) is 15.1 Å². The van der Waals surface area contributed by atoms with Crippen molar-refractivity contribution in [3.63, 3.8) is 0 Å². The molecule has 3 unspecified atom stereocenters. The quantitative estimate of drug-likeness (QED) is 0.870. The molecule has 1 fully saturated rings. The third-order valence-corrected chi connectivity index (χ3v) is 4.75. The van der Waals surface area contributed by atoms with E-state index in [0.29, 0.717) is 6.04 Å². The molecule has 0 spiro atoms. The van der Waals surface area contributed by atoms with Crippen molar-refractivity contribution < 1.29 is 0 Å². The summed E-state index contributed by atoms with van der Waals surface area (Å²) in [7, 11) is 2.07. The van der Waals surface area contributed by atoms with Gasteiger partial charge in [0, 0.05) is 30.4 Å². The van der Waals surface area contributed by atoms with Gasteiger partial charge < -0.3 is 5.32 Å². The zero-order chi connectivity index (χ0) is 12.5. The van der Waals surface area contributed by atoms with Crippen LogP contribution in [0.25, 0.3) is 0 Å². The summed E-state index contributed by atoms with van der Waals surface area (Å²) in [5.74, 6) is 0.896. The van der Waals surface area contributed by atoms with Gasteiger partial charge in [-0.15, -0.1) is 0 Å². The zero-order valence-corrected chi connectivity index (χ0v) is 11.7. The van der Waals surface area contributed by atoms with Crippen LogP contribution < -0.4 is 5.32 Å². The lowest BCUT2D eigenvalue weighted by molar-refractivity contribution is 0.271. The van der Waals surface area contributed by atoms with Crippen LogP contribution in [-0.2, 0) is 13.5 Å². The summed E-state index contributed by atoms with van der Waals surface area (Å²) in [6.45, 7) is 2.39. The van der Waals surface area contributed by atoms with E-state index < -0.39 is 0 Å². The van der Waals surface area contributed by atoms with E-state index in [1.807, 2.05) is 0 Å². The Balaban J connectivity index is 1.70. The third-order valence-electron chi connectivity index (χ3n) is 4.75. The molecule has 0 amide bonds. The van der Waals surface area contributed by atoms with Crippen LogP contribution in [0.15, 0.2) is 6.20 Å². The molecule has 3 rings (SSSR count). The lowest BCUT2D eigenvalue weighted by Gasteiger charge is -2.33. The highest BCUT2D eigenvalue weighted by atomic mass is 15.3. The Kier molecular flexibility index (Phi) is 3.42. The van der Waals surface area contributed by atoms with Gasteiger partial charge in [-0.1, -0.05) is 19.8 Å². The topological polar surface area (TPSA) is 29.9 Å². The SMILES string of the molecule is CC1CCCC(NC2CCCc3c2cnn3C)C1. The smallest absolute Gasteiger partial charge is 0.0540 e. The molecule has 1 aromatic rings. The van der Waals surface area contributed by atoms with Crippen LogP contribution in [0.5, 0.6) is 0 Å². The highest BCUT2D eigenvalue weighted by molar-refractivity contribution is 5.24. The highest BCUT2D eigenvalue weighted by Crippen LogP contribution is 2.32. The van der Waals surface area contributed by atoms with E-state index >= 15 is 0 Å². The lowest BCUT2D eigenvalue weighted by atomic mass is 9.85. The van der Waals surface area contributed by atoms with Gasteiger partial charge in [0.15, 0.2) is 0 Å². The lowest BCUT2D eigenvalue weighted by Crippen LogP contribution is -2.37. The summed E-state index contributed by atoms with van der Waals surface area (Å²) >= 11 is 0. The predicted octanol–water partition coefficient (Wildman–Crippen LogP) is 2.97. The van der Waals surface area contributed by atoms with Gasteiger partial charge in [-0.2, -0.15) is 5.10 Å². The monoisotopic (exact) mass is 247 g/mol. The van der Waals surface area contributed by atoms with Gasteiger partial charge in [-0.25, -0.2) is 0 Å². The van der Waals surface area contributed by atoms with Gasteiger partial charge in [-0.3, -0.25) is 4.68 Å². The van der Waals surface area contributed by atoms with Crippen molar-refractivity contribution in [2.75, 3.05) is 0 Å². The fourth-order valence-corrected chi connectivity index (χ4v) is 3.75. The Hall–Kier alpha value is -0.830. The van der Waals surface area contributed by atoms with Crippen molar-refractivity contribution in [1.29, 1.82) is 0 Å². The third kappa shape index (κ3) is 2.33. The average Bonchev–Trinajstić information content (AvgIpc) is 2.73. The Morgan fingerprint density at radius 3 is 3.00 bits per heavy atom. The van der Waals surface area contributed by atoms with Crippen LogP contribution in [0.4, 0.5) is 0 Å². The molecule has 0 saturated heterocycles. The largest absolute Gasteiger partial charge is 0.307 e. The molecule has 3 atom stereocenters. The van der Waals surface area contributed by atoms with Crippen LogP contribution in [0, 0.1) is 5.92 Å². The second kappa shape index (κ2) is 5.04. The van der Waals surface area contributed by atoms with Gasteiger partial charge >= 0.3 is 0 Å². The van der Waals surface area contributed by atoms with E-state index in [-0.39, 0.29) is 0 Å². The van der Waals surface area contributed by atoms with Crippen molar-refractivity contribution >= 4 is 0 Å². The molecule has 2 aliphatic rings. The number of aromatic nitrogens is 2. The van der Waals surface area contributed by atoms with E-state index in [1.165, 1.54) is 56.2 Å². The first-order valence-electron chi connectivity index (χ1n) is 7.51. The molecule has 0 bridgehead atoms. The number of aryl methyl sites for hydroxylation is 1. The normalized spacial score (nSPS) is 32.2. The highest BCUT2D eigenvalue weighted by Gasteiger charge is 2.27. The van der Waals surface area contributed by atoms with Crippen molar-refractivity contribution in [2.24, 2.45) is 13.0 Å². The summed E-state index contributed by atoms with van der Waals surface area (Å²) in [6, 6.07) is 1.28. The number of hydrogen-bond donors (Lipinski definition) is 1. The molecule has 2 aliphatic carbocycles. The molecule has 1 saturated carbocycles. The fourth-order valence-electron chi connectivity index (χ4n) is 3.75. The van der Waals surface area contributed by atoms with Crippen molar-refractivity contribution in [2.45, 2.75) is 64.0 Å². The van der Waals surface area contributed by atoms with Crippen LogP contribution in [0.3, 0.4) is 0 Å². The molecular weight excluding hydrogens is 222 g/mol. The summed E-state index contributed by atoms with van der Waals surface area (Å²) in [5.41, 5.74) is 2.91. The van der Waals surface area contributed by atoms with Gasteiger partial charge in [0.25, 0.3) is 0 Å². The number of nitrogens with zero attached hydrogens (tertiary/aromatic N) is 2. The molecule has 18 heavy (non-hydrogen) atoms. The van der Waals surface area contributed by atoms with Gasteiger partial charge in [-0.05, 0) is 38.0 Å². The number of nitrogens with one attached hydrogen (secondary N) is 1. The maximum absolute atomic E-state index is 4.43. The summed E-state index contributed by atoms with van der Waals surface area (Å²) in [4.78, 5) is 0. The molecule has 1 aromatic heterocycles. The molecule has 0 radical (unpaired) electrons. The van der Waals surface area contributed by atoms with E-state index in [1.54, 1.807) is 0 Å². The summed E-state index contributed by atoms with van der Waals surface area (Å²) < 4.78 is 2.06. The van der Waals surface area contributed by atoms with Crippen LogP contribution in [0.1, 0.15) is 62.7 Å².